The van der Waals surface area contributed by atoms with E-state index in [-0.39, 0.29) is 12.5 Å². The number of fused-ring (bicyclic) bond motifs is 1. The molecule has 2 aromatic rings. The predicted octanol–water partition coefficient (Wildman–Crippen LogP) is 2.56. The van der Waals surface area contributed by atoms with Gasteiger partial charge in [0, 0.05) is 6.04 Å². The normalized spacial score (nSPS) is 15.1. The summed E-state index contributed by atoms with van der Waals surface area (Å²) in [5, 5.41) is 21.4. The number of nitrogens with zero attached hydrogens (tertiary/aromatic N) is 4. The number of rotatable bonds is 5. The zero-order valence-corrected chi connectivity index (χ0v) is 12.6. The van der Waals surface area contributed by atoms with Gasteiger partial charge in [0.2, 0.25) is 0 Å². The van der Waals surface area contributed by atoms with Crippen molar-refractivity contribution in [3.05, 3.63) is 30.1 Å². The molecular weight excluding hydrogens is 262 g/mol. The third-order valence-electron chi connectivity index (χ3n) is 3.85. The van der Waals surface area contributed by atoms with Crippen molar-refractivity contribution in [1.82, 2.24) is 14.9 Å². The maximum absolute atomic E-state index is 9.33. The van der Waals surface area contributed by atoms with Crippen molar-refractivity contribution < 1.29 is 0 Å². The van der Waals surface area contributed by atoms with Crippen molar-refractivity contribution in [2.45, 2.75) is 38.3 Å². The van der Waals surface area contributed by atoms with Crippen LogP contribution in [0.5, 0.6) is 0 Å². The van der Waals surface area contributed by atoms with Crippen LogP contribution >= 0.6 is 0 Å². The van der Waals surface area contributed by atoms with Crippen LogP contribution in [0.3, 0.4) is 0 Å². The van der Waals surface area contributed by atoms with E-state index >= 15 is 0 Å². The summed E-state index contributed by atoms with van der Waals surface area (Å²) >= 11 is 0. The molecule has 0 saturated heterocycles. The summed E-state index contributed by atoms with van der Waals surface area (Å²) in [6.07, 6.45) is 0.903. The van der Waals surface area contributed by atoms with Crippen molar-refractivity contribution >= 4 is 11.0 Å². The highest BCUT2D eigenvalue weighted by Crippen LogP contribution is 2.27. The van der Waals surface area contributed by atoms with Crippen molar-refractivity contribution in [2.75, 3.05) is 7.05 Å². The van der Waals surface area contributed by atoms with Crippen molar-refractivity contribution in [1.29, 1.82) is 10.5 Å². The molecule has 1 N–H and O–H groups in total. The Bertz CT molecular complexity index is 718. The van der Waals surface area contributed by atoms with Gasteiger partial charge in [0.15, 0.2) is 0 Å². The van der Waals surface area contributed by atoms with E-state index in [4.69, 9.17) is 5.26 Å². The van der Waals surface area contributed by atoms with E-state index in [0.29, 0.717) is 6.42 Å². The molecule has 0 aliphatic carbocycles. The second kappa shape index (κ2) is 5.95. The Morgan fingerprint density at radius 1 is 1.38 bits per heavy atom. The van der Waals surface area contributed by atoms with E-state index in [1.807, 2.05) is 31.2 Å². The number of hydrogen-bond acceptors (Lipinski definition) is 4. The average Bonchev–Trinajstić information content (AvgIpc) is 2.85. The van der Waals surface area contributed by atoms with E-state index < -0.39 is 5.54 Å². The standard InChI is InChI=1S/C16H19N5/c1-12(10-16(2,11-18)19-3)21-14-7-5-4-6-13(14)20-15(21)8-9-17/h4-7,12,19H,8,10H2,1-3H3. The lowest BCUT2D eigenvalue weighted by molar-refractivity contribution is 0.368. The number of aromatic nitrogens is 2. The third-order valence-corrected chi connectivity index (χ3v) is 3.85. The van der Waals surface area contributed by atoms with Crippen LogP contribution in [0.25, 0.3) is 11.0 Å². The minimum absolute atomic E-state index is 0.0675. The van der Waals surface area contributed by atoms with Gasteiger partial charge in [0.1, 0.15) is 11.4 Å². The van der Waals surface area contributed by atoms with Crippen molar-refractivity contribution in [3.8, 4) is 12.1 Å². The van der Waals surface area contributed by atoms with Crippen LogP contribution in [-0.4, -0.2) is 22.1 Å². The monoisotopic (exact) mass is 281 g/mol. The summed E-state index contributed by atoms with van der Waals surface area (Å²) in [4.78, 5) is 4.54. The molecule has 2 rings (SSSR count). The molecule has 1 aromatic heterocycles. The second-order valence-corrected chi connectivity index (χ2v) is 5.47. The minimum atomic E-state index is -0.602. The Kier molecular flexibility index (Phi) is 4.26. The fourth-order valence-electron chi connectivity index (χ4n) is 2.67. The van der Waals surface area contributed by atoms with Gasteiger partial charge >= 0.3 is 0 Å². The first-order valence-electron chi connectivity index (χ1n) is 6.97. The molecule has 0 fully saturated rings. The zero-order chi connectivity index (χ0) is 15.5. The molecule has 1 heterocycles. The first kappa shape index (κ1) is 15.0. The largest absolute Gasteiger partial charge is 0.324 e. The Labute approximate surface area is 124 Å². The molecule has 5 heteroatoms. The van der Waals surface area contributed by atoms with Crippen molar-refractivity contribution in [3.63, 3.8) is 0 Å². The molecule has 108 valence electrons. The highest BCUT2D eigenvalue weighted by molar-refractivity contribution is 5.76. The summed E-state index contributed by atoms with van der Waals surface area (Å²) in [6, 6.07) is 12.4. The van der Waals surface area contributed by atoms with Gasteiger partial charge in [-0.25, -0.2) is 4.98 Å². The summed E-state index contributed by atoms with van der Waals surface area (Å²) in [7, 11) is 1.79. The zero-order valence-electron chi connectivity index (χ0n) is 12.6. The summed E-state index contributed by atoms with van der Waals surface area (Å²) in [5.41, 5.74) is 1.29. The molecule has 0 spiro atoms. The van der Waals surface area contributed by atoms with Crippen molar-refractivity contribution in [2.24, 2.45) is 0 Å². The minimum Gasteiger partial charge on any atom is -0.324 e. The SMILES string of the molecule is CNC(C)(C#N)CC(C)n1c(CC#N)nc2ccccc21. The molecule has 0 saturated carbocycles. The lowest BCUT2D eigenvalue weighted by Crippen LogP contribution is -2.40. The van der Waals surface area contributed by atoms with E-state index in [2.05, 4.69) is 33.9 Å². The van der Waals surface area contributed by atoms with Crippen LogP contribution in [0.1, 0.15) is 32.1 Å². The molecule has 1 aromatic carbocycles. The van der Waals surface area contributed by atoms with E-state index in [9.17, 15) is 5.26 Å². The molecule has 5 nitrogen and oxygen atoms in total. The van der Waals surface area contributed by atoms with E-state index in [1.54, 1.807) is 7.05 Å². The fourth-order valence-corrected chi connectivity index (χ4v) is 2.67. The van der Waals surface area contributed by atoms with Gasteiger partial charge in [0.05, 0.1) is 29.6 Å². The number of benzene rings is 1. The molecule has 0 amide bonds. The topological polar surface area (TPSA) is 77.4 Å². The number of imidazole rings is 1. The Balaban J connectivity index is 2.47. The highest BCUT2D eigenvalue weighted by Gasteiger charge is 2.27. The molecule has 2 unspecified atom stereocenters. The molecule has 0 radical (unpaired) electrons. The smallest absolute Gasteiger partial charge is 0.124 e. The molecular formula is C16H19N5. The quantitative estimate of drug-likeness (QED) is 0.913. The average molecular weight is 281 g/mol. The van der Waals surface area contributed by atoms with Crippen LogP contribution in [0, 0.1) is 22.7 Å². The Morgan fingerprint density at radius 3 is 2.71 bits per heavy atom. The lowest BCUT2D eigenvalue weighted by Gasteiger charge is -2.26. The van der Waals surface area contributed by atoms with Gasteiger partial charge in [-0.1, -0.05) is 12.1 Å². The molecule has 2 atom stereocenters. The summed E-state index contributed by atoms with van der Waals surface area (Å²) < 4.78 is 2.07. The first-order valence-corrected chi connectivity index (χ1v) is 6.97. The van der Waals surface area contributed by atoms with E-state index in [0.717, 1.165) is 16.9 Å². The number of nitrogens with one attached hydrogen (secondary N) is 1. The van der Waals surface area contributed by atoms with Crippen LogP contribution in [0.4, 0.5) is 0 Å². The van der Waals surface area contributed by atoms with Gasteiger partial charge in [-0.2, -0.15) is 10.5 Å². The molecule has 0 bridgehead atoms. The van der Waals surface area contributed by atoms with Gasteiger partial charge in [-0.05, 0) is 39.4 Å². The third kappa shape index (κ3) is 2.89. The van der Waals surface area contributed by atoms with Crippen LogP contribution < -0.4 is 5.32 Å². The maximum atomic E-state index is 9.33. The predicted molar refractivity (Wildman–Crippen MR) is 81.5 cm³/mol. The molecule has 0 aliphatic heterocycles. The number of nitriles is 2. The summed E-state index contributed by atoms with van der Waals surface area (Å²) in [5.74, 6) is 0.752. The Morgan fingerprint density at radius 2 is 2.10 bits per heavy atom. The Hall–Kier alpha value is -2.37. The van der Waals surface area contributed by atoms with E-state index in [1.165, 1.54) is 0 Å². The second-order valence-electron chi connectivity index (χ2n) is 5.47. The van der Waals surface area contributed by atoms with Gasteiger partial charge in [0.25, 0.3) is 0 Å². The number of hydrogen-bond donors (Lipinski definition) is 1. The van der Waals surface area contributed by atoms with Crippen LogP contribution in [0.15, 0.2) is 24.3 Å². The first-order chi connectivity index (χ1) is 10.0. The van der Waals surface area contributed by atoms with Crippen LogP contribution in [-0.2, 0) is 6.42 Å². The van der Waals surface area contributed by atoms with Crippen LogP contribution in [0.2, 0.25) is 0 Å². The maximum Gasteiger partial charge on any atom is 0.124 e. The molecule has 21 heavy (non-hydrogen) atoms. The fraction of sp³-hybridized carbons (Fsp3) is 0.438. The van der Waals surface area contributed by atoms with Gasteiger partial charge < -0.3 is 9.88 Å². The molecule has 0 aliphatic rings. The van der Waals surface area contributed by atoms with Gasteiger partial charge in [-0.15, -0.1) is 0 Å². The van der Waals surface area contributed by atoms with Gasteiger partial charge in [-0.3, -0.25) is 0 Å². The summed E-state index contributed by atoms with van der Waals surface area (Å²) in [6.45, 7) is 3.94. The highest BCUT2D eigenvalue weighted by atomic mass is 15.1. The number of para-hydroxylation sites is 2. The lowest BCUT2D eigenvalue weighted by atomic mass is 9.95.